The molecule has 3 heteroatoms. The van der Waals surface area contributed by atoms with Crippen molar-refractivity contribution in [2.45, 2.75) is 32.7 Å². The molecule has 0 spiro atoms. The highest BCUT2D eigenvalue weighted by Gasteiger charge is 2.19. The van der Waals surface area contributed by atoms with Crippen molar-refractivity contribution in [2.24, 2.45) is 5.92 Å². The number of aromatic nitrogens is 1. The maximum atomic E-state index is 5.89. The maximum Gasteiger partial charge on any atom is 0.129 e. The summed E-state index contributed by atoms with van der Waals surface area (Å²) in [6, 6.07) is 4.01. The minimum Gasteiger partial charge on any atom is -0.299 e. The van der Waals surface area contributed by atoms with Crippen molar-refractivity contribution in [1.82, 2.24) is 9.88 Å². The molecule has 2 rings (SSSR count). The van der Waals surface area contributed by atoms with Crippen LogP contribution in [0.5, 0.6) is 0 Å². The van der Waals surface area contributed by atoms with Crippen LogP contribution in [0, 0.1) is 5.92 Å². The summed E-state index contributed by atoms with van der Waals surface area (Å²) in [5.74, 6) is 0.928. The second kappa shape index (κ2) is 5.65. The molecule has 0 N–H and O–H groups in total. The van der Waals surface area contributed by atoms with Crippen LogP contribution >= 0.6 is 11.6 Å². The van der Waals surface area contributed by atoms with Gasteiger partial charge in [-0.2, -0.15) is 0 Å². The highest BCUT2D eigenvalue weighted by Crippen LogP contribution is 2.27. The largest absolute Gasteiger partial charge is 0.299 e. The third-order valence-electron chi connectivity index (χ3n) is 3.39. The molecule has 0 aromatic carbocycles. The summed E-state index contributed by atoms with van der Waals surface area (Å²) in [5, 5.41) is 0.595. The summed E-state index contributed by atoms with van der Waals surface area (Å²) >= 11 is 5.89. The maximum absolute atomic E-state index is 5.89. The minimum absolute atomic E-state index is 0.595. The topological polar surface area (TPSA) is 16.1 Å². The molecule has 0 amide bonds. The molecule has 0 atom stereocenters. The van der Waals surface area contributed by atoms with Crippen LogP contribution in [-0.4, -0.2) is 23.0 Å². The molecule has 16 heavy (non-hydrogen) atoms. The van der Waals surface area contributed by atoms with Gasteiger partial charge in [-0.1, -0.05) is 24.9 Å². The Morgan fingerprint density at radius 3 is 2.88 bits per heavy atom. The summed E-state index contributed by atoms with van der Waals surface area (Å²) in [5.41, 5.74) is 1.26. The van der Waals surface area contributed by atoms with Gasteiger partial charge in [-0.15, -0.1) is 0 Å². The second-order valence-electron chi connectivity index (χ2n) is 4.61. The van der Waals surface area contributed by atoms with Crippen LogP contribution in [0.25, 0.3) is 0 Å². The lowest BCUT2D eigenvalue weighted by Crippen LogP contribution is -2.32. The fourth-order valence-corrected chi connectivity index (χ4v) is 2.34. The molecule has 2 nitrogen and oxygen atoms in total. The third-order valence-corrected chi connectivity index (χ3v) is 3.59. The monoisotopic (exact) mass is 238 g/mol. The third kappa shape index (κ3) is 3.19. The van der Waals surface area contributed by atoms with Crippen LogP contribution in [0.2, 0.25) is 5.15 Å². The predicted octanol–water partition coefficient (Wildman–Crippen LogP) is 3.36. The van der Waals surface area contributed by atoms with Crippen LogP contribution in [0.15, 0.2) is 18.3 Å². The highest BCUT2D eigenvalue weighted by molar-refractivity contribution is 6.29. The van der Waals surface area contributed by atoms with E-state index in [1.807, 2.05) is 6.07 Å². The molecule has 1 aromatic rings. The zero-order valence-electron chi connectivity index (χ0n) is 9.82. The van der Waals surface area contributed by atoms with Gasteiger partial charge in [0.25, 0.3) is 0 Å². The first-order valence-electron chi connectivity index (χ1n) is 6.10. The number of pyridine rings is 1. The molecule has 1 aliphatic carbocycles. The van der Waals surface area contributed by atoms with Crippen molar-refractivity contribution in [3.05, 3.63) is 29.0 Å². The summed E-state index contributed by atoms with van der Waals surface area (Å²) in [6.45, 7) is 5.56. The molecule has 0 aliphatic heterocycles. The van der Waals surface area contributed by atoms with E-state index in [4.69, 9.17) is 11.6 Å². The quantitative estimate of drug-likeness (QED) is 0.732. The van der Waals surface area contributed by atoms with Gasteiger partial charge in [0, 0.05) is 19.3 Å². The molecule has 0 bridgehead atoms. The Bertz CT molecular complexity index is 336. The molecule has 0 saturated heterocycles. The lowest BCUT2D eigenvalue weighted by Gasteiger charge is -2.31. The zero-order valence-corrected chi connectivity index (χ0v) is 10.6. The van der Waals surface area contributed by atoms with E-state index in [-0.39, 0.29) is 0 Å². The van der Waals surface area contributed by atoms with Gasteiger partial charge in [0.15, 0.2) is 0 Å². The first-order valence-corrected chi connectivity index (χ1v) is 6.48. The normalized spacial score (nSPS) is 16.4. The molecule has 0 radical (unpaired) electrons. The molecule has 88 valence electrons. The van der Waals surface area contributed by atoms with Crippen molar-refractivity contribution < 1.29 is 0 Å². The highest BCUT2D eigenvalue weighted by atomic mass is 35.5. The van der Waals surface area contributed by atoms with E-state index in [0.717, 1.165) is 19.0 Å². The minimum atomic E-state index is 0.595. The number of rotatable bonds is 5. The standard InChI is InChI=1S/C13H19ClN2/c1-2-16(9-11-4-3-5-11)10-12-6-7-15-13(14)8-12/h6-8,11H,2-5,9-10H2,1H3. The fraction of sp³-hybridized carbons (Fsp3) is 0.615. The Hall–Kier alpha value is -0.600. The molecular formula is C13H19ClN2. The van der Waals surface area contributed by atoms with Gasteiger partial charge in [-0.25, -0.2) is 4.98 Å². The first-order chi connectivity index (χ1) is 7.78. The zero-order chi connectivity index (χ0) is 11.4. The Kier molecular flexibility index (Phi) is 4.19. The molecule has 1 aromatic heterocycles. The second-order valence-corrected chi connectivity index (χ2v) is 5.00. The van der Waals surface area contributed by atoms with Crippen LogP contribution < -0.4 is 0 Å². The average molecular weight is 239 g/mol. The Morgan fingerprint density at radius 1 is 1.50 bits per heavy atom. The van der Waals surface area contributed by atoms with E-state index in [1.165, 1.54) is 31.4 Å². The van der Waals surface area contributed by atoms with Gasteiger partial charge >= 0.3 is 0 Å². The van der Waals surface area contributed by atoms with Crippen LogP contribution in [0.3, 0.4) is 0 Å². The molecular weight excluding hydrogens is 220 g/mol. The van der Waals surface area contributed by atoms with Crippen LogP contribution in [0.1, 0.15) is 31.7 Å². The Morgan fingerprint density at radius 2 is 2.31 bits per heavy atom. The molecule has 1 saturated carbocycles. The lowest BCUT2D eigenvalue weighted by atomic mass is 9.85. The molecule has 1 fully saturated rings. The van der Waals surface area contributed by atoms with Crippen molar-refractivity contribution in [2.75, 3.05) is 13.1 Å². The Balaban J connectivity index is 1.89. The fourth-order valence-electron chi connectivity index (χ4n) is 2.15. The van der Waals surface area contributed by atoms with Gasteiger partial charge < -0.3 is 0 Å². The van der Waals surface area contributed by atoms with Gasteiger partial charge in [-0.3, -0.25) is 4.90 Å². The number of hydrogen-bond donors (Lipinski definition) is 0. The van der Waals surface area contributed by atoms with Crippen molar-refractivity contribution in [3.63, 3.8) is 0 Å². The number of halogens is 1. The van der Waals surface area contributed by atoms with E-state index in [9.17, 15) is 0 Å². The Labute approximate surface area is 103 Å². The molecule has 0 unspecified atom stereocenters. The van der Waals surface area contributed by atoms with Gasteiger partial charge in [0.2, 0.25) is 0 Å². The van der Waals surface area contributed by atoms with Crippen molar-refractivity contribution in [3.8, 4) is 0 Å². The first kappa shape index (κ1) is 11.9. The smallest absolute Gasteiger partial charge is 0.129 e. The van der Waals surface area contributed by atoms with E-state index < -0.39 is 0 Å². The summed E-state index contributed by atoms with van der Waals surface area (Å²) in [4.78, 5) is 6.50. The van der Waals surface area contributed by atoms with E-state index in [0.29, 0.717) is 5.15 Å². The van der Waals surface area contributed by atoms with Crippen molar-refractivity contribution >= 4 is 11.6 Å². The lowest BCUT2D eigenvalue weighted by molar-refractivity contribution is 0.178. The van der Waals surface area contributed by atoms with Gasteiger partial charge in [0.1, 0.15) is 5.15 Å². The predicted molar refractivity (Wildman–Crippen MR) is 67.5 cm³/mol. The summed E-state index contributed by atoms with van der Waals surface area (Å²) < 4.78 is 0. The van der Waals surface area contributed by atoms with E-state index in [2.05, 4.69) is 22.9 Å². The van der Waals surface area contributed by atoms with Crippen LogP contribution in [0.4, 0.5) is 0 Å². The van der Waals surface area contributed by atoms with Gasteiger partial charge in [-0.05, 0) is 43.0 Å². The SMILES string of the molecule is CCN(Cc1ccnc(Cl)c1)CC1CCC1. The number of hydrogen-bond acceptors (Lipinski definition) is 2. The van der Waals surface area contributed by atoms with Gasteiger partial charge in [0.05, 0.1) is 0 Å². The van der Waals surface area contributed by atoms with E-state index >= 15 is 0 Å². The number of nitrogens with zero attached hydrogens (tertiary/aromatic N) is 2. The van der Waals surface area contributed by atoms with Crippen molar-refractivity contribution in [1.29, 1.82) is 0 Å². The average Bonchev–Trinajstić information content (AvgIpc) is 2.21. The summed E-state index contributed by atoms with van der Waals surface area (Å²) in [6.07, 6.45) is 6.03. The van der Waals surface area contributed by atoms with Crippen LogP contribution in [-0.2, 0) is 6.54 Å². The molecule has 1 aliphatic rings. The van der Waals surface area contributed by atoms with E-state index in [1.54, 1.807) is 6.20 Å². The molecule has 1 heterocycles. The summed E-state index contributed by atoms with van der Waals surface area (Å²) in [7, 11) is 0.